The van der Waals surface area contributed by atoms with Crippen LogP contribution in [0.25, 0.3) is 0 Å². The number of amides is 3. The number of ether oxygens (including phenoxy) is 1. The molecular formula is C17H23N5O4. The second kappa shape index (κ2) is 9.40. The summed E-state index contributed by atoms with van der Waals surface area (Å²) in [6.07, 6.45) is 0.876. The number of aromatic nitrogens is 2. The molecule has 26 heavy (non-hydrogen) atoms. The Morgan fingerprint density at radius 1 is 1.15 bits per heavy atom. The number of hydrogen-bond acceptors (Lipinski definition) is 6. The summed E-state index contributed by atoms with van der Waals surface area (Å²) in [6.45, 7) is 6.68. The molecule has 2 rings (SSSR count). The maximum atomic E-state index is 11.9. The van der Waals surface area contributed by atoms with E-state index < -0.39 is 0 Å². The molecule has 0 aliphatic heterocycles. The minimum absolute atomic E-state index is 0.124. The highest BCUT2D eigenvalue weighted by Crippen LogP contribution is 2.16. The Morgan fingerprint density at radius 3 is 2.62 bits per heavy atom. The van der Waals surface area contributed by atoms with Crippen molar-refractivity contribution in [2.75, 3.05) is 25.0 Å². The lowest BCUT2D eigenvalue weighted by Crippen LogP contribution is -2.32. The fourth-order valence-corrected chi connectivity index (χ4v) is 2.12. The van der Waals surface area contributed by atoms with Crippen LogP contribution in [-0.4, -0.2) is 41.9 Å². The molecule has 0 saturated carbocycles. The number of carbonyl (C=O) groups is 2. The van der Waals surface area contributed by atoms with Gasteiger partial charge in [-0.05, 0) is 49.2 Å². The van der Waals surface area contributed by atoms with Crippen molar-refractivity contribution in [3.8, 4) is 5.88 Å². The largest absolute Gasteiger partial charge is 0.472 e. The predicted octanol–water partition coefficient (Wildman–Crippen LogP) is 2.03. The van der Waals surface area contributed by atoms with Gasteiger partial charge < -0.3 is 20.7 Å². The van der Waals surface area contributed by atoms with Gasteiger partial charge in [-0.25, -0.2) is 9.42 Å². The molecule has 2 aromatic rings. The average molecular weight is 361 g/mol. The molecule has 0 bridgehead atoms. The van der Waals surface area contributed by atoms with Crippen LogP contribution in [0.4, 0.5) is 10.5 Å². The van der Waals surface area contributed by atoms with Crippen LogP contribution >= 0.6 is 0 Å². The molecule has 3 amide bonds. The first-order chi connectivity index (χ1) is 12.5. The Morgan fingerprint density at radius 2 is 1.96 bits per heavy atom. The molecule has 0 atom stereocenters. The van der Waals surface area contributed by atoms with Crippen molar-refractivity contribution >= 4 is 17.6 Å². The van der Waals surface area contributed by atoms with Gasteiger partial charge in [-0.1, -0.05) is 12.1 Å². The maximum absolute atomic E-state index is 11.9. The van der Waals surface area contributed by atoms with Gasteiger partial charge in [-0.3, -0.25) is 4.79 Å². The molecule has 9 nitrogen and oxygen atoms in total. The van der Waals surface area contributed by atoms with Crippen molar-refractivity contribution in [2.24, 2.45) is 0 Å². The predicted molar refractivity (Wildman–Crippen MR) is 95.4 cm³/mol. The number of aryl methyl sites for hydroxylation is 2. The van der Waals surface area contributed by atoms with Crippen LogP contribution in [0.1, 0.15) is 35.0 Å². The number of anilines is 1. The summed E-state index contributed by atoms with van der Waals surface area (Å²) in [7, 11) is 0. The molecule has 0 unspecified atom stereocenters. The van der Waals surface area contributed by atoms with E-state index in [2.05, 4.69) is 30.9 Å². The second-order valence-corrected chi connectivity index (χ2v) is 5.67. The summed E-state index contributed by atoms with van der Waals surface area (Å²) >= 11 is 0. The number of hydrogen-bond donors (Lipinski definition) is 3. The van der Waals surface area contributed by atoms with Crippen LogP contribution in [0.2, 0.25) is 0 Å². The molecule has 0 fully saturated rings. The summed E-state index contributed by atoms with van der Waals surface area (Å²) in [4.78, 5) is 23.9. The van der Waals surface area contributed by atoms with E-state index in [1.54, 1.807) is 25.1 Å². The fourth-order valence-electron chi connectivity index (χ4n) is 2.12. The minimum Gasteiger partial charge on any atom is -0.472 e. The molecule has 0 radical (unpaired) electrons. The fraction of sp³-hybridized carbons (Fsp3) is 0.412. The first kappa shape index (κ1) is 19.2. The molecule has 0 spiro atoms. The Kier molecular flexibility index (Phi) is 6.95. The van der Waals surface area contributed by atoms with Crippen LogP contribution in [0.15, 0.2) is 22.8 Å². The monoisotopic (exact) mass is 361 g/mol. The third-order valence-electron chi connectivity index (χ3n) is 3.51. The van der Waals surface area contributed by atoms with E-state index in [1.807, 2.05) is 13.8 Å². The third-order valence-corrected chi connectivity index (χ3v) is 3.51. The van der Waals surface area contributed by atoms with E-state index in [0.717, 1.165) is 12.0 Å². The quantitative estimate of drug-likeness (QED) is 0.619. The zero-order valence-electron chi connectivity index (χ0n) is 15.1. The van der Waals surface area contributed by atoms with Gasteiger partial charge in [0.05, 0.1) is 6.54 Å². The first-order valence-corrected chi connectivity index (χ1v) is 8.37. The van der Waals surface area contributed by atoms with Crippen molar-refractivity contribution < 1.29 is 19.0 Å². The summed E-state index contributed by atoms with van der Waals surface area (Å²) in [6, 6.07) is 4.76. The van der Waals surface area contributed by atoms with Crippen molar-refractivity contribution in [3.05, 3.63) is 35.0 Å². The molecule has 0 aliphatic carbocycles. The minimum atomic E-state index is -0.366. The zero-order valence-corrected chi connectivity index (χ0v) is 15.1. The van der Waals surface area contributed by atoms with Gasteiger partial charge in [0.25, 0.3) is 11.8 Å². The highest BCUT2D eigenvalue weighted by atomic mass is 16.6. The van der Waals surface area contributed by atoms with Gasteiger partial charge in [0.15, 0.2) is 0 Å². The molecule has 1 aromatic carbocycles. The molecular weight excluding hydrogens is 338 g/mol. The van der Waals surface area contributed by atoms with Crippen LogP contribution in [0.3, 0.4) is 0 Å². The third kappa shape index (κ3) is 5.47. The van der Waals surface area contributed by atoms with E-state index in [4.69, 9.17) is 4.74 Å². The number of urea groups is 1. The second-order valence-electron chi connectivity index (χ2n) is 5.67. The lowest BCUT2D eigenvalue weighted by atomic mass is 10.1. The lowest BCUT2D eigenvalue weighted by molar-refractivity contribution is 0.0953. The van der Waals surface area contributed by atoms with Gasteiger partial charge >= 0.3 is 6.03 Å². The van der Waals surface area contributed by atoms with E-state index >= 15 is 0 Å². The SMILES string of the molecule is CCCNC(=O)c1ccc(NC(=O)NCCOc2nonc2C)c(C)c1. The zero-order chi connectivity index (χ0) is 18.9. The van der Waals surface area contributed by atoms with Crippen molar-refractivity contribution in [1.82, 2.24) is 20.9 Å². The highest BCUT2D eigenvalue weighted by Gasteiger charge is 2.10. The summed E-state index contributed by atoms with van der Waals surface area (Å²) in [5.41, 5.74) is 2.54. The molecule has 140 valence electrons. The Bertz CT molecular complexity index is 759. The molecule has 0 aliphatic rings. The topological polar surface area (TPSA) is 118 Å². The summed E-state index contributed by atoms with van der Waals surface area (Å²) in [5, 5.41) is 15.4. The summed E-state index contributed by atoms with van der Waals surface area (Å²) < 4.78 is 9.83. The Labute approximate surface area is 151 Å². The number of benzene rings is 1. The molecule has 3 N–H and O–H groups in total. The van der Waals surface area contributed by atoms with E-state index in [1.165, 1.54) is 0 Å². The molecule has 1 heterocycles. The van der Waals surface area contributed by atoms with Crippen LogP contribution < -0.4 is 20.7 Å². The van der Waals surface area contributed by atoms with Gasteiger partial charge in [0.2, 0.25) is 0 Å². The number of rotatable bonds is 8. The van der Waals surface area contributed by atoms with Crippen molar-refractivity contribution in [2.45, 2.75) is 27.2 Å². The van der Waals surface area contributed by atoms with Crippen molar-refractivity contribution in [1.29, 1.82) is 0 Å². The lowest BCUT2D eigenvalue weighted by Gasteiger charge is -2.11. The normalized spacial score (nSPS) is 10.3. The molecule has 9 heteroatoms. The molecule has 0 saturated heterocycles. The van der Waals surface area contributed by atoms with Crippen LogP contribution in [0.5, 0.6) is 5.88 Å². The van der Waals surface area contributed by atoms with Gasteiger partial charge in [0, 0.05) is 17.8 Å². The standard InChI is InChI=1S/C17H23N5O4/c1-4-7-18-15(23)13-5-6-14(11(2)10-13)20-17(24)19-8-9-25-16-12(3)21-26-22-16/h5-6,10H,4,7-9H2,1-3H3,(H,18,23)(H2,19,20,24). The van der Waals surface area contributed by atoms with E-state index in [0.29, 0.717) is 29.4 Å². The Balaban J connectivity index is 1.79. The van der Waals surface area contributed by atoms with Gasteiger partial charge in [-0.2, -0.15) is 0 Å². The number of nitrogens with zero attached hydrogens (tertiary/aromatic N) is 2. The maximum Gasteiger partial charge on any atom is 0.319 e. The average Bonchev–Trinajstić information content (AvgIpc) is 3.03. The van der Waals surface area contributed by atoms with E-state index in [-0.39, 0.29) is 25.1 Å². The number of nitrogens with one attached hydrogen (secondary N) is 3. The van der Waals surface area contributed by atoms with Gasteiger partial charge in [-0.15, -0.1) is 0 Å². The smallest absolute Gasteiger partial charge is 0.319 e. The molecule has 1 aromatic heterocycles. The number of carbonyl (C=O) groups excluding carboxylic acids is 2. The summed E-state index contributed by atoms with van der Waals surface area (Å²) in [5.74, 6) is 0.181. The van der Waals surface area contributed by atoms with E-state index in [9.17, 15) is 9.59 Å². The van der Waals surface area contributed by atoms with Crippen LogP contribution in [-0.2, 0) is 0 Å². The first-order valence-electron chi connectivity index (χ1n) is 8.37. The van der Waals surface area contributed by atoms with Crippen LogP contribution in [0, 0.1) is 13.8 Å². The van der Waals surface area contributed by atoms with Gasteiger partial charge in [0.1, 0.15) is 12.3 Å². The van der Waals surface area contributed by atoms with Crippen molar-refractivity contribution in [3.63, 3.8) is 0 Å². The Hall–Kier alpha value is -3.10. The highest BCUT2D eigenvalue weighted by molar-refractivity contribution is 5.96.